The first-order chi connectivity index (χ1) is 11.3. The molecule has 0 heterocycles. The number of benzene rings is 1. The molecule has 0 aliphatic rings. The third kappa shape index (κ3) is 12.1. The molecule has 1 aromatic rings. The summed E-state index contributed by atoms with van der Waals surface area (Å²) in [7, 11) is 1.70. The molecule has 3 N–H and O–H groups in total. The fraction of sp³-hybridized carbons (Fsp3) is 0.556. The van der Waals surface area contributed by atoms with E-state index in [1.54, 1.807) is 7.05 Å². The number of halogens is 1. The fourth-order valence-electron chi connectivity index (χ4n) is 1.96. The lowest BCUT2D eigenvalue weighted by atomic mass is 10.1. The van der Waals surface area contributed by atoms with Crippen molar-refractivity contribution in [2.24, 2.45) is 4.99 Å². The molecule has 7 heteroatoms. The Labute approximate surface area is 173 Å². The number of hydrogen-bond donors (Lipinski definition) is 3. The lowest BCUT2D eigenvalue weighted by molar-refractivity contribution is -0.121. The molecule has 0 radical (unpaired) electrons. The normalized spacial score (nSPS) is 11.5. The number of carbonyl (C=O) groups excluding carboxylic acids is 1. The predicted octanol–water partition coefficient (Wildman–Crippen LogP) is 2.93. The van der Waals surface area contributed by atoms with E-state index in [1.165, 1.54) is 11.1 Å². The van der Waals surface area contributed by atoms with E-state index in [9.17, 15) is 4.79 Å². The van der Waals surface area contributed by atoms with Gasteiger partial charge in [-0.2, -0.15) is 11.8 Å². The number of guanidine groups is 1. The SMILES string of the molecule is CN=C(NCCSCc1ccc(C)cc1)NCC(=O)NC(C)(C)C.I. The molecule has 0 atom stereocenters. The number of amides is 1. The molecule has 0 unspecified atom stereocenters. The van der Waals surface area contributed by atoms with Crippen LogP contribution in [0.1, 0.15) is 31.9 Å². The number of rotatable bonds is 7. The van der Waals surface area contributed by atoms with Crippen LogP contribution in [0.3, 0.4) is 0 Å². The average Bonchev–Trinajstić information content (AvgIpc) is 2.50. The fourth-order valence-corrected chi connectivity index (χ4v) is 2.78. The molecular formula is C18H31IN4OS. The Bertz CT molecular complexity index is 541. The summed E-state index contributed by atoms with van der Waals surface area (Å²) in [4.78, 5) is 15.9. The Balaban J connectivity index is 0.00000576. The Morgan fingerprint density at radius 1 is 1.16 bits per heavy atom. The van der Waals surface area contributed by atoms with Crippen LogP contribution in [0.2, 0.25) is 0 Å². The maximum atomic E-state index is 11.8. The van der Waals surface area contributed by atoms with Crippen molar-refractivity contribution in [2.75, 3.05) is 25.9 Å². The van der Waals surface area contributed by atoms with Crippen molar-refractivity contribution in [1.29, 1.82) is 0 Å². The van der Waals surface area contributed by atoms with Crippen molar-refractivity contribution in [3.05, 3.63) is 35.4 Å². The first kappa shape index (κ1) is 24.0. The van der Waals surface area contributed by atoms with E-state index >= 15 is 0 Å². The zero-order valence-electron chi connectivity index (χ0n) is 15.8. The molecule has 1 aromatic carbocycles. The van der Waals surface area contributed by atoms with E-state index in [2.05, 4.69) is 52.1 Å². The van der Waals surface area contributed by atoms with Gasteiger partial charge in [0.05, 0.1) is 6.54 Å². The molecule has 0 aliphatic heterocycles. The van der Waals surface area contributed by atoms with Crippen LogP contribution >= 0.6 is 35.7 Å². The number of carbonyl (C=O) groups is 1. The molecule has 1 amide bonds. The van der Waals surface area contributed by atoms with Gasteiger partial charge in [-0.3, -0.25) is 9.79 Å². The monoisotopic (exact) mass is 478 g/mol. The Kier molecular flexibility index (Phi) is 11.9. The molecular weight excluding hydrogens is 447 g/mol. The number of aryl methyl sites for hydroxylation is 1. The smallest absolute Gasteiger partial charge is 0.239 e. The second kappa shape index (κ2) is 12.4. The van der Waals surface area contributed by atoms with Crippen molar-refractivity contribution < 1.29 is 4.79 Å². The highest BCUT2D eigenvalue weighted by Gasteiger charge is 2.13. The van der Waals surface area contributed by atoms with Crippen LogP contribution in [0.25, 0.3) is 0 Å². The van der Waals surface area contributed by atoms with Gasteiger partial charge in [0.25, 0.3) is 0 Å². The number of hydrogen-bond acceptors (Lipinski definition) is 3. The lowest BCUT2D eigenvalue weighted by Gasteiger charge is -2.21. The minimum absolute atomic E-state index is 0. The van der Waals surface area contributed by atoms with Gasteiger partial charge in [0.2, 0.25) is 5.91 Å². The molecule has 0 aromatic heterocycles. The maximum Gasteiger partial charge on any atom is 0.239 e. The van der Waals surface area contributed by atoms with Gasteiger partial charge in [0.15, 0.2) is 5.96 Å². The van der Waals surface area contributed by atoms with Gasteiger partial charge in [-0.1, -0.05) is 29.8 Å². The van der Waals surface area contributed by atoms with Crippen LogP contribution in [0, 0.1) is 6.92 Å². The van der Waals surface area contributed by atoms with Crippen LogP contribution < -0.4 is 16.0 Å². The summed E-state index contributed by atoms with van der Waals surface area (Å²) in [6, 6.07) is 8.62. The lowest BCUT2D eigenvalue weighted by Crippen LogP contribution is -2.48. The highest BCUT2D eigenvalue weighted by molar-refractivity contribution is 14.0. The summed E-state index contributed by atoms with van der Waals surface area (Å²) in [5.74, 6) is 2.58. The largest absolute Gasteiger partial charge is 0.356 e. The van der Waals surface area contributed by atoms with Crippen LogP contribution in [-0.4, -0.2) is 43.3 Å². The summed E-state index contributed by atoms with van der Waals surface area (Å²) in [6.45, 7) is 9.00. The predicted molar refractivity (Wildman–Crippen MR) is 120 cm³/mol. The van der Waals surface area contributed by atoms with E-state index in [0.717, 1.165) is 18.1 Å². The van der Waals surface area contributed by atoms with Gasteiger partial charge in [-0.25, -0.2) is 0 Å². The first-order valence-electron chi connectivity index (χ1n) is 8.19. The van der Waals surface area contributed by atoms with Crippen LogP contribution in [0.15, 0.2) is 29.3 Å². The molecule has 0 saturated carbocycles. The van der Waals surface area contributed by atoms with E-state index in [-0.39, 0.29) is 42.0 Å². The van der Waals surface area contributed by atoms with Crippen LogP contribution in [0.5, 0.6) is 0 Å². The van der Waals surface area contributed by atoms with Crippen LogP contribution in [0.4, 0.5) is 0 Å². The highest BCUT2D eigenvalue weighted by Crippen LogP contribution is 2.12. The molecule has 25 heavy (non-hydrogen) atoms. The van der Waals surface area contributed by atoms with E-state index in [4.69, 9.17) is 0 Å². The topological polar surface area (TPSA) is 65.5 Å². The second-order valence-corrected chi connectivity index (χ2v) is 7.79. The molecule has 0 bridgehead atoms. The van der Waals surface area contributed by atoms with Gasteiger partial charge < -0.3 is 16.0 Å². The van der Waals surface area contributed by atoms with E-state index in [1.807, 2.05) is 32.5 Å². The second-order valence-electron chi connectivity index (χ2n) is 6.69. The number of aliphatic imine (C=N–C) groups is 1. The quantitative estimate of drug-likeness (QED) is 0.244. The van der Waals surface area contributed by atoms with Gasteiger partial charge in [0, 0.05) is 30.6 Å². The zero-order valence-corrected chi connectivity index (χ0v) is 19.0. The number of thioether (sulfide) groups is 1. The Morgan fingerprint density at radius 2 is 1.80 bits per heavy atom. The maximum absolute atomic E-state index is 11.8. The molecule has 142 valence electrons. The molecule has 5 nitrogen and oxygen atoms in total. The van der Waals surface area contributed by atoms with Crippen LogP contribution in [-0.2, 0) is 10.5 Å². The molecule has 0 aliphatic carbocycles. The Morgan fingerprint density at radius 3 is 2.36 bits per heavy atom. The summed E-state index contributed by atoms with van der Waals surface area (Å²) in [5, 5.41) is 9.15. The summed E-state index contributed by atoms with van der Waals surface area (Å²) >= 11 is 1.87. The third-order valence-corrected chi connectivity index (χ3v) is 4.11. The molecule has 1 rings (SSSR count). The standard InChI is InChI=1S/C18H30N4OS.HI/c1-14-6-8-15(9-7-14)13-24-11-10-20-17(19-5)21-12-16(23)22-18(2,3)4;/h6-9H,10-13H2,1-5H3,(H,22,23)(H2,19,20,21);1H. The Hall–Kier alpha value is -0.960. The van der Waals surface area contributed by atoms with Crippen molar-refractivity contribution >= 4 is 47.6 Å². The van der Waals surface area contributed by atoms with Gasteiger partial charge >= 0.3 is 0 Å². The summed E-state index contributed by atoms with van der Waals surface area (Å²) in [6.07, 6.45) is 0. The minimum atomic E-state index is -0.220. The molecule has 0 spiro atoms. The summed E-state index contributed by atoms with van der Waals surface area (Å²) < 4.78 is 0. The van der Waals surface area contributed by atoms with Crippen molar-refractivity contribution in [3.8, 4) is 0 Å². The van der Waals surface area contributed by atoms with Crippen molar-refractivity contribution in [3.63, 3.8) is 0 Å². The minimum Gasteiger partial charge on any atom is -0.356 e. The van der Waals surface area contributed by atoms with E-state index < -0.39 is 0 Å². The van der Waals surface area contributed by atoms with Gasteiger partial charge in [-0.05, 0) is 33.3 Å². The molecule has 0 fully saturated rings. The zero-order chi connectivity index (χ0) is 18.0. The van der Waals surface area contributed by atoms with Gasteiger partial charge in [0.1, 0.15) is 0 Å². The number of nitrogens with one attached hydrogen (secondary N) is 3. The third-order valence-electron chi connectivity index (χ3n) is 3.08. The first-order valence-corrected chi connectivity index (χ1v) is 9.34. The average molecular weight is 478 g/mol. The van der Waals surface area contributed by atoms with Crippen molar-refractivity contribution in [1.82, 2.24) is 16.0 Å². The number of nitrogens with zero attached hydrogens (tertiary/aromatic N) is 1. The van der Waals surface area contributed by atoms with Crippen molar-refractivity contribution in [2.45, 2.75) is 39.0 Å². The van der Waals surface area contributed by atoms with Gasteiger partial charge in [-0.15, -0.1) is 24.0 Å². The van der Waals surface area contributed by atoms with E-state index in [0.29, 0.717) is 5.96 Å². The summed E-state index contributed by atoms with van der Waals surface area (Å²) in [5.41, 5.74) is 2.41. The molecule has 0 saturated heterocycles. The highest BCUT2D eigenvalue weighted by atomic mass is 127.